The van der Waals surface area contributed by atoms with Gasteiger partial charge in [0, 0.05) is 24.8 Å². The highest BCUT2D eigenvalue weighted by Crippen LogP contribution is 2.20. The summed E-state index contributed by atoms with van der Waals surface area (Å²) in [7, 11) is 0. The Balaban J connectivity index is 2.47. The summed E-state index contributed by atoms with van der Waals surface area (Å²) in [5, 5.41) is 0.558. The second-order valence-electron chi connectivity index (χ2n) is 2.79. The SMILES string of the molecule is CCOCCOc1cc(CCl)c(Cl)cn1. The third-order valence-corrected chi connectivity index (χ3v) is 2.36. The summed E-state index contributed by atoms with van der Waals surface area (Å²) in [5.74, 6) is 0.873. The third kappa shape index (κ3) is 4.24. The molecule has 0 aliphatic rings. The second-order valence-corrected chi connectivity index (χ2v) is 3.47. The minimum absolute atomic E-state index is 0.350. The molecule has 0 aliphatic heterocycles. The van der Waals surface area contributed by atoms with Gasteiger partial charge in [0.05, 0.1) is 11.6 Å². The molecule has 0 bridgehead atoms. The maximum Gasteiger partial charge on any atom is 0.213 e. The van der Waals surface area contributed by atoms with Crippen LogP contribution in [0.1, 0.15) is 12.5 Å². The van der Waals surface area contributed by atoms with Gasteiger partial charge in [0.2, 0.25) is 5.88 Å². The van der Waals surface area contributed by atoms with Crippen LogP contribution in [0.5, 0.6) is 5.88 Å². The average Bonchev–Trinajstić information content (AvgIpc) is 2.26. The van der Waals surface area contributed by atoms with Crippen LogP contribution in [0.15, 0.2) is 12.3 Å². The van der Waals surface area contributed by atoms with Crippen molar-refractivity contribution in [3.8, 4) is 5.88 Å². The Morgan fingerprint density at radius 2 is 2.20 bits per heavy atom. The van der Waals surface area contributed by atoms with Crippen LogP contribution in [0, 0.1) is 0 Å². The van der Waals surface area contributed by atoms with E-state index in [1.165, 1.54) is 6.20 Å². The molecule has 0 amide bonds. The number of aromatic nitrogens is 1. The van der Waals surface area contributed by atoms with E-state index in [2.05, 4.69) is 4.98 Å². The maximum atomic E-state index is 5.85. The number of pyridine rings is 1. The molecule has 0 atom stereocenters. The third-order valence-electron chi connectivity index (χ3n) is 1.74. The molecule has 84 valence electrons. The number of hydrogen-bond acceptors (Lipinski definition) is 3. The molecule has 0 N–H and O–H groups in total. The predicted octanol–water partition coefficient (Wildman–Crippen LogP) is 2.89. The molecular formula is C10H13Cl2NO2. The summed E-state index contributed by atoms with van der Waals surface area (Å²) in [5.41, 5.74) is 0.819. The minimum atomic E-state index is 0.350. The molecule has 0 saturated heterocycles. The van der Waals surface area contributed by atoms with Crippen molar-refractivity contribution in [1.29, 1.82) is 0 Å². The summed E-state index contributed by atoms with van der Waals surface area (Å²) in [6.45, 7) is 3.65. The van der Waals surface area contributed by atoms with Crippen molar-refractivity contribution in [3.05, 3.63) is 22.8 Å². The van der Waals surface area contributed by atoms with Gasteiger partial charge in [0.25, 0.3) is 0 Å². The first-order chi connectivity index (χ1) is 7.27. The van der Waals surface area contributed by atoms with Gasteiger partial charge < -0.3 is 9.47 Å². The molecule has 0 fully saturated rings. The van der Waals surface area contributed by atoms with Crippen molar-refractivity contribution >= 4 is 23.2 Å². The highest BCUT2D eigenvalue weighted by molar-refractivity contribution is 6.32. The molecule has 5 heteroatoms. The molecule has 0 aromatic carbocycles. The highest BCUT2D eigenvalue weighted by Gasteiger charge is 2.02. The van der Waals surface area contributed by atoms with Crippen molar-refractivity contribution in [3.63, 3.8) is 0 Å². The first kappa shape index (κ1) is 12.6. The monoisotopic (exact) mass is 249 g/mol. The Bertz CT molecular complexity index is 307. The van der Waals surface area contributed by atoms with Crippen LogP contribution in [0.2, 0.25) is 5.02 Å². The largest absolute Gasteiger partial charge is 0.475 e. The summed E-state index contributed by atoms with van der Waals surface area (Å²) in [6, 6.07) is 1.74. The number of halogens is 2. The molecule has 0 spiro atoms. The molecule has 0 radical (unpaired) electrons. The summed E-state index contributed by atoms with van der Waals surface area (Å²) < 4.78 is 10.5. The van der Waals surface area contributed by atoms with Crippen molar-refractivity contribution in [2.45, 2.75) is 12.8 Å². The van der Waals surface area contributed by atoms with Gasteiger partial charge in [0.1, 0.15) is 6.61 Å². The van der Waals surface area contributed by atoms with Gasteiger partial charge in [-0.2, -0.15) is 0 Å². The van der Waals surface area contributed by atoms with Gasteiger partial charge in [-0.25, -0.2) is 4.98 Å². The van der Waals surface area contributed by atoms with Crippen LogP contribution in [0.25, 0.3) is 0 Å². The van der Waals surface area contributed by atoms with Crippen molar-refractivity contribution < 1.29 is 9.47 Å². The fourth-order valence-corrected chi connectivity index (χ4v) is 1.45. The van der Waals surface area contributed by atoms with Crippen LogP contribution in [-0.2, 0) is 10.6 Å². The van der Waals surface area contributed by atoms with Crippen molar-refractivity contribution in [2.24, 2.45) is 0 Å². The van der Waals surface area contributed by atoms with E-state index in [1.54, 1.807) is 6.07 Å². The number of hydrogen-bond donors (Lipinski definition) is 0. The molecule has 1 aromatic rings. The Hall–Kier alpha value is -0.510. The lowest BCUT2D eigenvalue weighted by molar-refractivity contribution is 0.108. The van der Waals surface area contributed by atoms with E-state index in [-0.39, 0.29) is 0 Å². The van der Waals surface area contributed by atoms with E-state index in [4.69, 9.17) is 32.7 Å². The van der Waals surface area contributed by atoms with Crippen LogP contribution < -0.4 is 4.74 Å². The smallest absolute Gasteiger partial charge is 0.213 e. The van der Waals surface area contributed by atoms with E-state index in [0.717, 1.165) is 5.56 Å². The van der Waals surface area contributed by atoms with Gasteiger partial charge in [-0.15, -0.1) is 11.6 Å². The summed E-state index contributed by atoms with van der Waals surface area (Å²) in [4.78, 5) is 4.02. The van der Waals surface area contributed by atoms with Crippen molar-refractivity contribution in [2.75, 3.05) is 19.8 Å². The van der Waals surface area contributed by atoms with Crippen LogP contribution in [0.4, 0.5) is 0 Å². The van der Waals surface area contributed by atoms with E-state index < -0.39 is 0 Å². The Kier molecular flexibility index (Phi) is 5.76. The molecule has 1 rings (SSSR count). The lowest BCUT2D eigenvalue weighted by atomic mass is 10.3. The average molecular weight is 250 g/mol. The van der Waals surface area contributed by atoms with Gasteiger partial charge in [-0.1, -0.05) is 11.6 Å². The predicted molar refractivity (Wildman–Crippen MR) is 60.8 cm³/mol. The number of ether oxygens (including phenoxy) is 2. The molecule has 3 nitrogen and oxygen atoms in total. The Morgan fingerprint density at radius 3 is 2.87 bits per heavy atom. The van der Waals surface area contributed by atoms with E-state index in [9.17, 15) is 0 Å². The number of nitrogens with zero attached hydrogens (tertiary/aromatic N) is 1. The van der Waals surface area contributed by atoms with Crippen LogP contribution in [0.3, 0.4) is 0 Å². The molecule has 1 aromatic heterocycles. The first-order valence-corrected chi connectivity index (χ1v) is 5.60. The Morgan fingerprint density at radius 1 is 1.40 bits per heavy atom. The summed E-state index contributed by atoms with van der Waals surface area (Å²) >= 11 is 11.5. The fraction of sp³-hybridized carbons (Fsp3) is 0.500. The highest BCUT2D eigenvalue weighted by atomic mass is 35.5. The minimum Gasteiger partial charge on any atom is -0.475 e. The second kappa shape index (κ2) is 6.88. The zero-order chi connectivity index (χ0) is 11.1. The van der Waals surface area contributed by atoms with Gasteiger partial charge in [-0.05, 0) is 12.5 Å². The number of alkyl halides is 1. The lowest BCUT2D eigenvalue weighted by Crippen LogP contribution is -2.07. The van der Waals surface area contributed by atoms with E-state index in [0.29, 0.717) is 36.6 Å². The molecule has 0 saturated carbocycles. The van der Waals surface area contributed by atoms with Gasteiger partial charge in [-0.3, -0.25) is 0 Å². The number of rotatable bonds is 6. The molecule has 1 heterocycles. The molecule has 15 heavy (non-hydrogen) atoms. The quantitative estimate of drug-likeness (QED) is 0.574. The van der Waals surface area contributed by atoms with Crippen LogP contribution >= 0.6 is 23.2 Å². The standard InChI is InChI=1S/C10H13Cl2NO2/c1-2-14-3-4-15-10-5-8(6-11)9(12)7-13-10/h5,7H,2-4,6H2,1H3. The normalized spacial score (nSPS) is 10.3. The van der Waals surface area contributed by atoms with E-state index >= 15 is 0 Å². The molecule has 0 aliphatic carbocycles. The van der Waals surface area contributed by atoms with Crippen LogP contribution in [-0.4, -0.2) is 24.8 Å². The van der Waals surface area contributed by atoms with Gasteiger partial charge >= 0.3 is 0 Å². The fourth-order valence-electron chi connectivity index (χ4n) is 0.989. The van der Waals surface area contributed by atoms with Gasteiger partial charge in [0.15, 0.2) is 0 Å². The van der Waals surface area contributed by atoms with E-state index in [1.807, 2.05) is 6.92 Å². The first-order valence-electron chi connectivity index (χ1n) is 4.68. The lowest BCUT2D eigenvalue weighted by Gasteiger charge is -2.06. The topological polar surface area (TPSA) is 31.4 Å². The molecule has 0 unspecified atom stereocenters. The molecular weight excluding hydrogens is 237 g/mol. The Labute approximate surface area is 99.3 Å². The maximum absolute atomic E-state index is 5.85. The van der Waals surface area contributed by atoms with Crippen molar-refractivity contribution in [1.82, 2.24) is 4.98 Å². The zero-order valence-electron chi connectivity index (χ0n) is 8.50. The zero-order valence-corrected chi connectivity index (χ0v) is 10.0. The summed E-state index contributed by atoms with van der Waals surface area (Å²) in [6.07, 6.45) is 1.54.